The summed E-state index contributed by atoms with van der Waals surface area (Å²) in [5, 5.41) is 9.64. The van der Waals surface area contributed by atoms with Crippen LogP contribution < -0.4 is 20.3 Å². The van der Waals surface area contributed by atoms with Crippen molar-refractivity contribution in [1.29, 1.82) is 0 Å². The quantitative estimate of drug-likeness (QED) is 0.122. The molecule has 0 aliphatic heterocycles. The molecule has 2 aromatic heterocycles. The van der Waals surface area contributed by atoms with Crippen molar-refractivity contribution in [1.82, 2.24) is 20.3 Å². The van der Waals surface area contributed by atoms with Crippen LogP contribution in [0, 0.1) is 5.92 Å². The number of anilines is 2. The van der Waals surface area contributed by atoms with Gasteiger partial charge in [-0.25, -0.2) is 4.98 Å². The van der Waals surface area contributed by atoms with Gasteiger partial charge in [0.1, 0.15) is 11.6 Å². The first-order valence-electron chi connectivity index (χ1n) is 16.2. The van der Waals surface area contributed by atoms with Crippen LogP contribution in [0.3, 0.4) is 0 Å². The zero-order valence-electron chi connectivity index (χ0n) is 26.6. The molecule has 3 N–H and O–H groups in total. The predicted octanol–water partition coefficient (Wildman–Crippen LogP) is 7.19. The largest absolute Gasteiger partial charge is 0.494 e. The number of nitrogens with one attached hydrogen (secondary N) is 3. The molecule has 0 amide bonds. The fourth-order valence-corrected chi connectivity index (χ4v) is 6.59. The summed E-state index contributed by atoms with van der Waals surface area (Å²) in [5.74, 6) is 3.24. The number of nitrogens with zero attached hydrogens (tertiary/aromatic N) is 3. The van der Waals surface area contributed by atoms with E-state index in [0.29, 0.717) is 30.9 Å². The number of rotatable bonds is 13. The van der Waals surface area contributed by atoms with Crippen molar-refractivity contribution in [3.63, 3.8) is 0 Å². The number of hydrogen-bond donors (Lipinski definition) is 3. The minimum Gasteiger partial charge on any atom is -0.494 e. The van der Waals surface area contributed by atoms with Gasteiger partial charge in [0.2, 0.25) is 5.95 Å². The van der Waals surface area contributed by atoms with Crippen LogP contribution in [0.4, 0.5) is 11.8 Å². The van der Waals surface area contributed by atoms with Crippen LogP contribution in [0.1, 0.15) is 60.9 Å². The third kappa shape index (κ3) is 7.28. The highest BCUT2D eigenvalue weighted by Crippen LogP contribution is 2.31. The zero-order valence-corrected chi connectivity index (χ0v) is 26.6. The summed E-state index contributed by atoms with van der Waals surface area (Å²) >= 11 is 0. The molecule has 0 bridgehead atoms. The first-order valence-corrected chi connectivity index (χ1v) is 16.2. The van der Waals surface area contributed by atoms with Crippen LogP contribution in [0.2, 0.25) is 0 Å². The summed E-state index contributed by atoms with van der Waals surface area (Å²) in [6.07, 6.45) is 6.98. The topological polar surface area (TPSA) is 95.2 Å². The molecule has 1 saturated carbocycles. The standard InChI is InChI=1S/C37H44N6O2/c1-4-45-29-19-15-26(16-20-29)35(44)21-27(32-24-39-33-11-7-5-9-30(32)33)23-38-22-25-13-17-28(18-14-25)40-37-41-34-12-8-6-10-31(34)36(42-37)43(2)3/h5-12,15-16,19-20,24-25,27-28,38-39H,4,13-14,17-18,21-23H2,1-3H3,(H,40,41,42). The van der Waals surface area contributed by atoms with Crippen molar-refractivity contribution in [2.24, 2.45) is 5.92 Å². The molecule has 2 heterocycles. The average molecular weight is 605 g/mol. The van der Waals surface area contributed by atoms with Gasteiger partial charge in [0.25, 0.3) is 0 Å². The maximum Gasteiger partial charge on any atom is 0.225 e. The van der Waals surface area contributed by atoms with Gasteiger partial charge in [0, 0.05) is 67.1 Å². The molecule has 5 aromatic rings. The fraction of sp³-hybridized carbons (Fsp3) is 0.378. The highest BCUT2D eigenvalue weighted by Gasteiger charge is 2.24. The maximum absolute atomic E-state index is 13.4. The van der Waals surface area contributed by atoms with Crippen molar-refractivity contribution in [2.75, 3.05) is 44.0 Å². The Kier molecular flexibility index (Phi) is 9.60. The Balaban J connectivity index is 1.06. The number of aromatic amines is 1. The van der Waals surface area contributed by atoms with E-state index in [9.17, 15) is 4.79 Å². The lowest BCUT2D eigenvalue weighted by Gasteiger charge is -2.30. The van der Waals surface area contributed by atoms with Crippen LogP contribution in [0.25, 0.3) is 21.8 Å². The monoisotopic (exact) mass is 604 g/mol. The second-order valence-electron chi connectivity index (χ2n) is 12.4. The average Bonchev–Trinajstić information content (AvgIpc) is 3.49. The number of H-pyrrole nitrogens is 1. The Morgan fingerprint density at radius 3 is 2.44 bits per heavy atom. The lowest BCUT2D eigenvalue weighted by molar-refractivity contribution is 0.0973. The van der Waals surface area contributed by atoms with E-state index < -0.39 is 0 Å². The lowest BCUT2D eigenvalue weighted by Crippen LogP contribution is -2.33. The van der Waals surface area contributed by atoms with E-state index in [1.807, 2.05) is 74.4 Å². The van der Waals surface area contributed by atoms with Gasteiger partial charge >= 0.3 is 0 Å². The SMILES string of the molecule is CCOc1ccc(C(=O)CC(CNCC2CCC(Nc3nc(N(C)C)c4ccccc4n3)CC2)c2c[nH]c3ccccc23)cc1. The third-order valence-electron chi connectivity index (χ3n) is 8.99. The lowest BCUT2D eigenvalue weighted by atomic mass is 9.85. The van der Waals surface area contributed by atoms with Crippen molar-refractivity contribution < 1.29 is 9.53 Å². The number of carbonyl (C=O) groups is 1. The van der Waals surface area contributed by atoms with Gasteiger partial charge in [-0.05, 0) is 93.1 Å². The molecule has 8 heteroatoms. The Morgan fingerprint density at radius 1 is 0.956 bits per heavy atom. The molecule has 8 nitrogen and oxygen atoms in total. The van der Waals surface area contributed by atoms with Crippen LogP contribution >= 0.6 is 0 Å². The molecule has 0 radical (unpaired) electrons. The van der Waals surface area contributed by atoms with E-state index >= 15 is 0 Å². The Bertz CT molecular complexity index is 1720. The smallest absolute Gasteiger partial charge is 0.225 e. The number of para-hydroxylation sites is 2. The van der Waals surface area contributed by atoms with Crippen LogP contribution in [-0.2, 0) is 0 Å². The van der Waals surface area contributed by atoms with Crippen molar-refractivity contribution in [3.05, 3.63) is 90.1 Å². The molecule has 3 aromatic carbocycles. The van der Waals surface area contributed by atoms with Gasteiger partial charge in [-0.1, -0.05) is 30.3 Å². The van der Waals surface area contributed by atoms with Crippen molar-refractivity contribution in [3.8, 4) is 5.75 Å². The van der Waals surface area contributed by atoms with Crippen LogP contribution in [-0.4, -0.2) is 60.6 Å². The molecule has 1 aliphatic carbocycles. The maximum atomic E-state index is 13.4. The van der Waals surface area contributed by atoms with E-state index in [4.69, 9.17) is 14.7 Å². The van der Waals surface area contributed by atoms with E-state index in [0.717, 1.165) is 72.3 Å². The summed E-state index contributed by atoms with van der Waals surface area (Å²) in [6.45, 7) is 4.26. The number of ether oxygens (including phenoxy) is 1. The number of carbonyl (C=O) groups excluding carboxylic acids is 1. The molecule has 45 heavy (non-hydrogen) atoms. The summed E-state index contributed by atoms with van der Waals surface area (Å²) in [4.78, 5) is 28.5. The second-order valence-corrected chi connectivity index (χ2v) is 12.4. The molecule has 0 spiro atoms. The highest BCUT2D eigenvalue weighted by atomic mass is 16.5. The van der Waals surface area contributed by atoms with E-state index in [1.54, 1.807) is 0 Å². The minimum atomic E-state index is 0.0640. The Labute approximate surface area is 265 Å². The first-order chi connectivity index (χ1) is 22.0. The van der Waals surface area contributed by atoms with Crippen molar-refractivity contribution in [2.45, 2.75) is 51.0 Å². The van der Waals surface area contributed by atoms with Gasteiger partial charge in [-0.15, -0.1) is 0 Å². The molecular weight excluding hydrogens is 560 g/mol. The summed E-state index contributed by atoms with van der Waals surface area (Å²) in [5.41, 5.74) is 3.98. The number of Topliss-reactive ketones (excluding diaryl/α,β-unsaturated/α-hetero) is 1. The molecule has 1 atom stereocenters. The van der Waals surface area contributed by atoms with Gasteiger partial charge in [-0.2, -0.15) is 4.98 Å². The number of ketones is 1. The van der Waals surface area contributed by atoms with Gasteiger partial charge in [-0.3, -0.25) is 4.79 Å². The first kappa shape index (κ1) is 30.6. The van der Waals surface area contributed by atoms with Crippen LogP contribution in [0.15, 0.2) is 79.0 Å². The molecular formula is C37H44N6O2. The Morgan fingerprint density at radius 2 is 1.69 bits per heavy atom. The summed E-state index contributed by atoms with van der Waals surface area (Å²) in [6, 6.07) is 24.4. The molecule has 0 saturated heterocycles. The highest BCUT2D eigenvalue weighted by molar-refractivity contribution is 5.97. The molecule has 1 fully saturated rings. The van der Waals surface area contributed by atoms with Crippen molar-refractivity contribution >= 4 is 39.4 Å². The van der Waals surface area contributed by atoms with Gasteiger partial charge in [0.15, 0.2) is 5.78 Å². The molecule has 1 aliphatic rings. The molecule has 6 rings (SSSR count). The Hall–Kier alpha value is -4.43. The summed E-state index contributed by atoms with van der Waals surface area (Å²) in [7, 11) is 4.05. The van der Waals surface area contributed by atoms with Gasteiger partial charge in [0.05, 0.1) is 12.1 Å². The summed E-state index contributed by atoms with van der Waals surface area (Å²) < 4.78 is 5.57. The number of hydrogen-bond acceptors (Lipinski definition) is 7. The van der Waals surface area contributed by atoms with E-state index in [1.165, 1.54) is 10.9 Å². The number of aromatic nitrogens is 3. The zero-order chi connectivity index (χ0) is 31.2. The third-order valence-corrected chi connectivity index (χ3v) is 8.99. The molecule has 234 valence electrons. The minimum absolute atomic E-state index is 0.0640. The van der Waals surface area contributed by atoms with E-state index in [-0.39, 0.29) is 11.7 Å². The van der Waals surface area contributed by atoms with E-state index in [2.05, 4.69) is 46.1 Å². The van der Waals surface area contributed by atoms with Crippen LogP contribution in [0.5, 0.6) is 5.75 Å². The fourth-order valence-electron chi connectivity index (χ4n) is 6.59. The second kappa shape index (κ2) is 14.1. The molecule has 1 unspecified atom stereocenters. The number of benzene rings is 3. The normalized spacial score (nSPS) is 17.3. The van der Waals surface area contributed by atoms with Gasteiger partial charge < -0.3 is 25.3 Å². The predicted molar refractivity (Wildman–Crippen MR) is 184 cm³/mol. The number of fused-ring (bicyclic) bond motifs is 2.